The highest BCUT2D eigenvalue weighted by Gasteiger charge is 2.40. The number of hydrogen-bond acceptors (Lipinski definition) is 3. The Morgan fingerprint density at radius 3 is 2.72 bits per heavy atom. The van der Waals surface area contributed by atoms with Crippen molar-refractivity contribution in [3.8, 4) is 0 Å². The molecule has 2 aliphatic heterocycles. The quantitative estimate of drug-likeness (QED) is 0.829. The fraction of sp³-hybridized carbons (Fsp3) is 0.600. The highest BCUT2D eigenvalue weighted by atomic mass is 16.2. The Balaban J connectivity index is 1.65. The first-order valence-corrected chi connectivity index (χ1v) is 9.55. The molecule has 0 spiro atoms. The maximum Gasteiger partial charge on any atom is 0.245 e. The molecule has 0 aliphatic carbocycles. The number of carbonyl (C=O) groups excluding carboxylic acids is 2. The standard InChI is InChI=1S/C20H29N3O2/c1-2-6-18(22-19(24)13-15-7-4-3-5-8-15)20(25)23-16-9-10-17(23)14-21-12-11-16/h3-5,7-8,16-18,21H,2,6,9-14H2,1H3,(H,22,24). The van der Waals surface area contributed by atoms with Crippen LogP contribution in [0, 0.1) is 0 Å². The second-order valence-electron chi connectivity index (χ2n) is 7.19. The summed E-state index contributed by atoms with van der Waals surface area (Å²) < 4.78 is 0. The minimum atomic E-state index is -0.401. The van der Waals surface area contributed by atoms with Gasteiger partial charge in [0.1, 0.15) is 6.04 Å². The summed E-state index contributed by atoms with van der Waals surface area (Å²) in [6.45, 7) is 3.91. The molecule has 0 saturated carbocycles. The number of benzene rings is 1. The van der Waals surface area contributed by atoms with E-state index in [4.69, 9.17) is 0 Å². The predicted molar refractivity (Wildman–Crippen MR) is 98.1 cm³/mol. The Bertz CT molecular complexity index is 576. The second kappa shape index (κ2) is 8.48. The predicted octanol–water partition coefficient (Wildman–Crippen LogP) is 1.87. The normalized spacial score (nSPS) is 23.8. The van der Waals surface area contributed by atoms with Crippen molar-refractivity contribution in [1.29, 1.82) is 0 Å². The SMILES string of the molecule is CCCC(NC(=O)Cc1ccccc1)C(=O)N1C2CCNCC1CC2. The number of amides is 2. The van der Waals surface area contributed by atoms with Gasteiger partial charge < -0.3 is 15.5 Å². The molecule has 3 rings (SSSR count). The van der Waals surface area contributed by atoms with Gasteiger partial charge in [-0.25, -0.2) is 0 Å². The maximum absolute atomic E-state index is 13.2. The van der Waals surface area contributed by atoms with E-state index in [-0.39, 0.29) is 17.9 Å². The summed E-state index contributed by atoms with van der Waals surface area (Å²) in [5, 5.41) is 6.43. The molecule has 2 amide bonds. The van der Waals surface area contributed by atoms with Gasteiger partial charge in [0, 0.05) is 18.6 Å². The molecule has 2 heterocycles. The van der Waals surface area contributed by atoms with E-state index in [2.05, 4.69) is 22.5 Å². The van der Waals surface area contributed by atoms with Crippen LogP contribution >= 0.6 is 0 Å². The molecule has 2 fully saturated rings. The molecule has 1 aromatic rings. The summed E-state index contributed by atoms with van der Waals surface area (Å²) >= 11 is 0. The van der Waals surface area contributed by atoms with Crippen LogP contribution in [0.4, 0.5) is 0 Å². The van der Waals surface area contributed by atoms with Crippen LogP contribution in [0.3, 0.4) is 0 Å². The summed E-state index contributed by atoms with van der Waals surface area (Å²) in [6.07, 6.45) is 5.07. The fourth-order valence-electron chi connectivity index (χ4n) is 4.09. The molecule has 2 N–H and O–H groups in total. The van der Waals surface area contributed by atoms with Crippen LogP contribution in [0.15, 0.2) is 30.3 Å². The van der Waals surface area contributed by atoms with Gasteiger partial charge in [-0.15, -0.1) is 0 Å². The Hall–Kier alpha value is -1.88. The van der Waals surface area contributed by atoms with E-state index in [1.54, 1.807) is 0 Å². The second-order valence-corrected chi connectivity index (χ2v) is 7.19. The lowest BCUT2D eigenvalue weighted by Crippen LogP contribution is -2.53. The fourth-order valence-corrected chi connectivity index (χ4v) is 4.09. The third kappa shape index (κ3) is 4.40. The highest BCUT2D eigenvalue weighted by molar-refractivity contribution is 5.89. The molecule has 3 atom stereocenters. The number of carbonyl (C=O) groups is 2. The van der Waals surface area contributed by atoms with E-state index in [1.165, 1.54) is 0 Å². The van der Waals surface area contributed by atoms with Gasteiger partial charge in [0.25, 0.3) is 0 Å². The molecule has 25 heavy (non-hydrogen) atoms. The van der Waals surface area contributed by atoms with Crippen molar-refractivity contribution in [2.24, 2.45) is 0 Å². The van der Waals surface area contributed by atoms with E-state index in [0.29, 0.717) is 18.9 Å². The molecule has 0 aromatic heterocycles. The van der Waals surface area contributed by atoms with Gasteiger partial charge in [-0.3, -0.25) is 9.59 Å². The largest absolute Gasteiger partial charge is 0.344 e. The zero-order valence-corrected chi connectivity index (χ0v) is 15.0. The van der Waals surface area contributed by atoms with Crippen LogP contribution in [0.2, 0.25) is 0 Å². The minimum absolute atomic E-state index is 0.0710. The molecule has 2 aliphatic rings. The summed E-state index contributed by atoms with van der Waals surface area (Å²) in [5.41, 5.74) is 0.974. The van der Waals surface area contributed by atoms with Crippen molar-refractivity contribution >= 4 is 11.8 Å². The average molecular weight is 343 g/mol. The number of rotatable bonds is 6. The lowest BCUT2D eigenvalue weighted by molar-refractivity contribution is -0.138. The molecule has 1 aromatic carbocycles. The summed E-state index contributed by atoms with van der Waals surface area (Å²) in [5.74, 6) is 0.0396. The number of nitrogens with zero attached hydrogens (tertiary/aromatic N) is 1. The average Bonchev–Trinajstić information content (AvgIpc) is 2.87. The van der Waals surface area contributed by atoms with Crippen LogP contribution in [0.5, 0.6) is 0 Å². The molecule has 5 heteroatoms. The smallest absolute Gasteiger partial charge is 0.245 e. The van der Waals surface area contributed by atoms with Crippen molar-refractivity contribution in [2.75, 3.05) is 13.1 Å². The topological polar surface area (TPSA) is 61.4 Å². The van der Waals surface area contributed by atoms with Gasteiger partial charge in [-0.05, 0) is 37.8 Å². The van der Waals surface area contributed by atoms with E-state index in [9.17, 15) is 9.59 Å². The first kappa shape index (κ1) is 17.9. The summed E-state index contributed by atoms with van der Waals surface area (Å²) in [7, 11) is 0. The van der Waals surface area contributed by atoms with Gasteiger partial charge >= 0.3 is 0 Å². The lowest BCUT2D eigenvalue weighted by atomic mass is 10.1. The van der Waals surface area contributed by atoms with Crippen molar-refractivity contribution in [3.05, 3.63) is 35.9 Å². The molecular weight excluding hydrogens is 314 g/mol. The van der Waals surface area contributed by atoms with Crippen molar-refractivity contribution in [2.45, 2.75) is 63.6 Å². The highest BCUT2D eigenvalue weighted by Crippen LogP contribution is 2.29. The Kier molecular flexibility index (Phi) is 6.08. The zero-order valence-electron chi connectivity index (χ0n) is 15.0. The zero-order chi connectivity index (χ0) is 17.6. The van der Waals surface area contributed by atoms with Gasteiger partial charge in [0.05, 0.1) is 6.42 Å². The minimum Gasteiger partial charge on any atom is -0.344 e. The van der Waals surface area contributed by atoms with Crippen molar-refractivity contribution in [3.63, 3.8) is 0 Å². The number of hydrogen-bond donors (Lipinski definition) is 2. The van der Waals surface area contributed by atoms with Gasteiger partial charge in [0.2, 0.25) is 11.8 Å². The van der Waals surface area contributed by atoms with E-state index in [1.807, 2.05) is 30.3 Å². The molecule has 5 nitrogen and oxygen atoms in total. The third-order valence-electron chi connectivity index (χ3n) is 5.33. The first-order chi connectivity index (χ1) is 12.2. The molecule has 0 radical (unpaired) electrons. The summed E-state index contributed by atoms with van der Waals surface area (Å²) in [6, 6.07) is 9.89. The van der Waals surface area contributed by atoms with Crippen molar-refractivity contribution in [1.82, 2.24) is 15.5 Å². The van der Waals surface area contributed by atoms with E-state index >= 15 is 0 Å². The molecule has 136 valence electrons. The van der Waals surface area contributed by atoms with Crippen LogP contribution in [0.25, 0.3) is 0 Å². The monoisotopic (exact) mass is 343 g/mol. The van der Waals surface area contributed by atoms with Crippen LogP contribution < -0.4 is 10.6 Å². The van der Waals surface area contributed by atoms with E-state index in [0.717, 1.165) is 44.3 Å². The first-order valence-electron chi connectivity index (χ1n) is 9.55. The van der Waals surface area contributed by atoms with Gasteiger partial charge in [-0.1, -0.05) is 43.7 Å². The Labute approximate surface area is 150 Å². The van der Waals surface area contributed by atoms with Crippen LogP contribution in [0.1, 0.15) is 44.6 Å². The lowest BCUT2D eigenvalue weighted by Gasteiger charge is -2.32. The van der Waals surface area contributed by atoms with Crippen LogP contribution in [-0.4, -0.2) is 47.9 Å². The summed E-state index contributed by atoms with van der Waals surface area (Å²) in [4.78, 5) is 27.7. The maximum atomic E-state index is 13.2. The molecule has 3 unspecified atom stereocenters. The number of nitrogens with one attached hydrogen (secondary N) is 2. The van der Waals surface area contributed by atoms with Crippen molar-refractivity contribution < 1.29 is 9.59 Å². The Morgan fingerprint density at radius 1 is 1.20 bits per heavy atom. The third-order valence-corrected chi connectivity index (χ3v) is 5.33. The number of fused-ring (bicyclic) bond motifs is 2. The van der Waals surface area contributed by atoms with E-state index < -0.39 is 6.04 Å². The Morgan fingerprint density at radius 2 is 1.96 bits per heavy atom. The van der Waals surface area contributed by atoms with Crippen LogP contribution in [-0.2, 0) is 16.0 Å². The molecule has 2 saturated heterocycles. The molecular formula is C20H29N3O2. The molecule has 2 bridgehead atoms. The van der Waals surface area contributed by atoms with Gasteiger partial charge in [0.15, 0.2) is 0 Å². The van der Waals surface area contributed by atoms with Gasteiger partial charge in [-0.2, -0.15) is 0 Å².